The summed E-state index contributed by atoms with van der Waals surface area (Å²) in [6, 6.07) is 12.9. The average molecular weight is 336 g/mol. The molecular weight excluding hydrogens is 316 g/mol. The number of hydrogen-bond acceptors (Lipinski definition) is 4. The van der Waals surface area contributed by atoms with Crippen LogP contribution < -0.4 is 14.8 Å². The summed E-state index contributed by atoms with van der Waals surface area (Å²) >= 11 is 0. The summed E-state index contributed by atoms with van der Waals surface area (Å²) in [6.45, 7) is 3.84. The Hall–Kier alpha value is -3.26. The molecule has 0 saturated carbocycles. The molecule has 1 N–H and O–H groups in total. The lowest BCUT2D eigenvalue weighted by atomic mass is 10.0. The van der Waals surface area contributed by atoms with Crippen LogP contribution in [0.3, 0.4) is 0 Å². The van der Waals surface area contributed by atoms with Crippen molar-refractivity contribution in [2.24, 2.45) is 0 Å². The topological polar surface area (TPSA) is 71.3 Å². The van der Waals surface area contributed by atoms with Gasteiger partial charge in [-0.1, -0.05) is 17.7 Å². The Morgan fingerprint density at radius 1 is 1.08 bits per heavy atom. The molecule has 0 aliphatic heterocycles. The van der Waals surface area contributed by atoms with E-state index in [4.69, 9.17) is 9.47 Å². The fraction of sp³-hybridized carbons (Fsp3) is 0.200. The van der Waals surface area contributed by atoms with Crippen LogP contribution in [0.15, 0.2) is 42.0 Å². The number of methoxy groups -OCH3 is 2. The van der Waals surface area contributed by atoms with E-state index in [1.54, 1.807) is 37.5 Å². The van der Waals surface area contributed by atoms with Gasteiger partial charge in [0, 0.05) is 5.69 Å². The molecule has 0 heterocycles. The van der Waals surface area contributed by atoms with Gasteiger partial charge >= 0.3 is 0 Å². The third kappa shape index (κ3) is 4.39. The molecule has 0 bridgehead atoms. The monoisotopic (exact) mass is 336 g/mol. The summed E-state index contributed by atoms with van der Waals surface area (Å²) in [6.07, 6.45) is 1.54. The highest BCUT2D eigenvalue weighted by atomic mass is 16.5. The lowest BCUT2D eigenvalue weighted by molar-refractivity contribution is -0.112. The first-order valence-electron chi connectivity index (χ1n) is 7.71. The summed E-state index contributed by atoms with van der Waals surface area (Å²) < 4.78 is 10.5. The van der Waals surface area contributed by atoms with Gasteiger partial charge < -0.3 is 14.8 Å². The van der Waals surface area contributed by atoms with Crippen molar-refractivity contribution >= 4 is 17.7 Å². The minimum Gasteiger partial charge on any atom is -0.493 e. The highest BCUT2D eigenvalue weighted by molar-refractivity contribution is 6.09. The van der Waals surface area contributed by atoms with Crippen LogP contribution >= 0.6 is 0 Å². The van der Waals surface area contributed by atoms with Crippen LogP contribution in [0.5, 0.6) is 11.5 Å². The molecule has 0 aromatic heterocycles. The zero-order valence-corrected chi connectivity index (χ0v) is 14.7. The Kier molecular flexibility index (Phi) is 5.80. The normalized spacial score (nSPS) is 10.8. The molecule has 128 valence electrons. The maximum Gasteiger partial charge on any atom is 0.266 e. The summed E-state index contributed by atoms with van der Waals surface area (Å²) in [5.41, 5.74) is 3.33. The van der Waals surface area contributed by atoms with Crippen LogP contribution in [-0.4, -0.2) is 20.1 Å². The minimum atomic E-state index is -0.458. The second-order valence-electron chi connectivity index (χ2n) is 5.55. The number of aryl methyl sites for hydroxylation is 2. The van der Waals surface area contributed by atoms with Crippen molar-refractivity contribution in [3.63, 3.8) is 0 Å². The number of carbonyl (C=O) groups excluding carboxylic acids is 1. The molecule has 0 radical (unpaired) electrons. The second kappa shape index (κ2) is 8.02. The molecule has 0 aliphatic rings. The Labute approximate surface area is 147 Å². The molecule has 5 heteroatoms. The number of amides is 1. The predicted molar refractivity (Wildman–Crippen MR) is 97.7 cm³/mol. The Bertz CT molecular complexity index is 846. The van der Waals surface area contributed by atoms with E-state index in [0.29, 0.717) is 22.7 Å². The summed E-state index contributed by atoms with van der Waals surface area (Å²) in [4.78, 5) is 12.4. The first-order chi connectivity index (χ1) is 12.0. The zero-order chi connectivity index (χ0) is 18.4. The first kappa shape index (κ1) is 18.1. The number of hydrogen-bond donors (Lipinski definition) is 1. The molecule has 25 heavy (non-hydrogen) atoms. The van der Waals surface area contributed by atoms with E-state index in [2.05, 4.69) is 5.32 Å². The van der Waals surface area contributed by atoms with Crippen LogP contribution in [0.4, 0.5) is 5.69 Å². The lowest BCUT2D eigenvalue weighted by Crippen LogP contribution is -2.13. The van der Waals surface area contributed by atoms with Gasteiger partial charge in [-0.25, -0.2) is 0 Å². The average Bonchev–Trinajstić information content (AvgIpc) is 2.62. The van der Waals surface area contributed by atoms with E-state index in [9.17, 15) is 10.1 Å². The molecular formula is C20H20N2O3. The third-order valence-electron chi connectivity index (χ3n) is 3.75. The number of anilines is 1. The lowest BCUT2D eigenvalue weighted by Gasteiger charge is -2.11. The number of benzene rings is 2. The maximum atomic E-state index is 12.4. The standard InChI is InChI=1S/C20H20N2O3/c1-13-5-7-17(8-6-13)22-20(23)16(12-21)10-15-11-19(25-4)18(24-3)9-14(15)2/h5-11H,1-4H3,(H,22,23)/b16-10-. The number of nitrogens with zero attached hydrogens (tertiary/aromatic N) is 1. The minimum absolute atomic E-state index is 0.0101. The van der Waals surface area contributed by atoms with Gasteiger partial charge in [0.1, 0.15) is 11.6 Å². The molecule has 5 nitrogen and oxygen atoms in total. The van der Waals surface area contributed by atoms with Crippen molar-refractivity contribution in [1.29, 1.82) is 5.26 Å². The van der Waals surface area contributed by atoms with E-state index >= 15 is 0 Å². The molecule has 0 aliphatic carbocycles. The molecule has 0 atom stereocenters. The van der Waals surface area contributed by atoms with Gasteiger partial charge in [-0.05, 0) is 55.3 Å². The number of rotatable bonds is 5. The molecule has 1 amide bonds. The van der Waals surface area contributed by atoms with Gasteiger partial charge in [-0.3, -0.25) is 4.79 Å². The SMILES string of the molecule is COc1cc(C)c(/C=C(/C#N)C(=O)Nc2ccc(C)cc2)cc1OC. The Balaban J connectivity index is 2.32. The third-order valence-corrected chi connectivity index (χ3v) is 3.75. The molecule has 2 aromatic rings. The smallest absolute Gasteiger partial charge is 0.266 e. The second-order valence-corrected chi connectivity index (χ2v) is 5.55. The van der Waals surface area contributed by atoms with Crippen molar-refractivity contribution in [3.8, 4) is 17.6 Å². The number of ether oxygens (including phenoxy) is 2. The van der Waals surface area contributed by atoms with E-state index in [1.807, 2.05) is 32.0 Å². The van der Waals surface area contributed by atoms with Gasteiger partial charge in [-0.2, -0.15) is 5.26 Å². The van der Waals surface area contributed by atoms with Crippen LogP contribution in [-0.2, 0) is 4.79 Å². The van der Waals surface area contributed by atoms with Crippen LogP contribution in [0.2, 0.25) is 0 Å². The summed E-state index contributed by atoms with van der Waals surface area (Å²) in [5, 5.41) is 12.1. The maximum absolute atomic E-state index is 12.4. The van der Waals surface area contributed by atoms with E-state index in [0.717, 1.165) is 11.1 Å². The van der Waals surface area contributed by atoms with Gasteiger partial charge in [0.05, 0.1) is 14.2 Å². The predicted octanol–water partition coefficient (Wildman–Crippen LogP) is 3.87. The van der Waals surface area contributed by atoms with E-state index < -0.39 is 5.91 Å². The van der Waals surface area contributed by atoms with Gasteiger partial charge in [0.15, 0.2) is 11.5 Å². The fourth-order valence-corrected chi connectivity index (χ4v) is 2.29. The van der Waals surface area contributed by atoms with Crippen molar-refractivity contribution in [1.82, 2.24) is 0 Å². The number of carbonyl (C=O) groups is 1. The van der Waals surface area contributed by atoms with Gasteiger partial charge in [-0.15, -0.1) is 0 Å². The molecule has 2 aromatic carbocycles. The highest BCUT2D eigenvalue weighted by Gasteiger charge is 2.12. The molecule has 0 saturated heterocycles. The molecule has 0 spiro atoms. The fourth-order valence-electron chi connectivity index (χ4n) is 2.29. The van der Waals surface area contributed by atoms with Crippen molar-refractivity contribution in [2.45, 2.75) is 13.8 Å². The van der Waals surface area contributed by atoms with Crippen LogP contribution in [0, 0.1) is 25.2 Å². The van der Waals surface area contributed by atoms with Gasteiger partial charge in [0.2, 0.25) is 0 Å². The van der Waals surface area contributed by atoms with Crippen molar-refractivity contribution < 1.29 is 14.3 Å². The quantitative estimate of drug-likeness (QED) is 0.665. The van der Waals surface area contributed by atoms with Crippen LogP contribution in [0.25, 0.3) is 6.08 Å². The zero-order valence-electron chi connectivity index (χ0n) is 14.7. The Morgan fingerprint density at radius 2 is 1.68 bits per heavy atom. The largest absolute Gasteiger partial charge is 0.493 e. The van der Waals surface area contributed by atoms with Crippen molar-refractivity contribution in [2.75, 3.05) is 19.5 Å². The van der Waals surface area contributed by atoms with Crippen LogP contribution in [0.1, 0.15) is 16.7 Å². The number of nitrogens with one attached hydrogen (secondary N) is 1. The molecule has 0 unspecified atom stereocenters. The molecule has 0 fully saturated rings. The molecule has 2 rings (SSSR count). The summed E-state index contributed by atoms with van der Waals surface area (Å²) in [7, 11) is 3.10. The first-order valence-corrected chi connectivity index (χ1v) is 7.71. The van der Waals surface area contributed by atoms with Crippen molar-refractivity contribution in [3.05, 3.63) is 58.7 Å². The van der Waals surface area contributed by atoms with Gasteiger partial charge in [0.25, 0.3) is 5.91 Å². The van der Waals surface area contributed by atoms with E-state index in [-0.39, 0.29) is 5.57 Å². The Morgan fingerprint density at radius 3 is 2.24 bits per heavy atom. The van der Waals surface area contributed by atoms with E-state index in [1.165, 1.54) is 7.11 Å². The highest BCUT2D eigenvalue weighted by Crippen LogP contribution is 2.31. The summed E-state index contributed by atoms with van der Waals surface area (Å²) in [5.74, 6) is 0.677. The number of nitriles is 1.